The maximum absolute atomic E-state index is 12.8. The van der Waals surface area contributed by atoms with Crippen molar-refractivity contribution in [2.24, 2.45) is 7.05 Å². The monoisotopic (exact) mass is 341 g/mol. The third kappa shape index (κ3) is 2.79. The van der Waals surface area contributed by atoms with Crippen LogP contribution in [0.25, 0.3) is 11.1 Å². The fourth-order valence-corrected chi connectivity index (χ4v) is 3.33. The minimum absolute atomic E-state index is 0.0536. The Labute approximate surface area is 143 Å². The molecule has 2 N–H and O–H groups in total. The molecule has 1 saturated heterocycles. The summed E-state index contributed by atoms with van der Waals surface area (Å²) < 4.78 is 6.60. The minimum atomic E-state index is -0.424. The first kappa shape index (κ1) is 15.5. The van der Waals surface area contributed by atoms with E-state index in [0.717, 1.165) is 25.1 Å². The predicted octanol–water partition coefficient (Wildman–Crippen LogP) is 2.61. The molecule has 0 aliphatic carbocycles. The number of imidazole rings is 1. The third-order valence-corrected chi connectivity index (χ3v) is 4.64. The molecule has 1 fully saturated rings. The van der Waals surface area contributed by atoms with Crippen molar-refractivity contribution in [3.05, 3.63) is 47.0 Å². The lowest BCUT2D eigenvalue weighted by Crippen LogP contribution is -2.41. The number of fused-ring (bicyclic) bond motifs is 1. The quantitative estimate of drug-likeness (QED) is 0.749. The molecule has 4 rings (SSSR count). The Bertz CT molecular complexity index is 956. The first-order valence-corrected chi connectivity index (χ1v) is 8.30. The zero-order valence-corrected chi connectivity index (χ0v) is 13.9. The SMILES string of the molecule is Cn1c(=O)oc2cc(NC(=O)N3CCCC[C@@H]3c3ncc[nH]3)ccc21. The van der Waals surface area contributed by atoms with E-state index in [1.54, 1.807) is 42.5 Å². The van der Waals surface area contributed by atoms with E-state index in [-0.39, 0.29) is 12.1 Å². The van der Waals surface area contributed by atoms with Crippen molar-refractivity contribution >= 4 is 22.8 Å². The number of likely N-dealkylation sites (tertiary alicyclic amines) is 1. The van der Waals surface area contributed by atoms with E-state index in [1.807, 2.05) is 0 Å². The number of anilines is 1. The lowest BCUT2D eigenvalue weighted by Gasteiger charge is -2.34. The minimum Gasteiger partial charge on any atom is -0.408 e. The maximum atomic E-state index is 12.8. The number of aromatic nitrogens is 3. The number of carbonyl (C=O) groups excluding carboxylic acids is 1. The second kappa shape index (κ2) is 6.12. The number of nitrogens with zero attached hydrogens (tertiary/aromatic N) is 3. The summed E-state index contributed by atoms with van der Waals surface area (Å²) in [5, 5.41) is 2.90. The molecule has 2 aromatic heterocycles. The molecule has 1 aromatic carbocycles. The van der Waals surface area contributed by atoms with Crippen LogP contribution >= 0.6 is 0 Å². The molecule has 0 radical (unpaired) electrons. The molecular formula is C17H19N5O3. The highest BCUT2D eigenvalue weighted by molar-refractivity contribution is 5.91. The molecule has 3 heterocycles. The van der Waals surface area contributed by atoms with Crippen LogP contribution in [0.5, 0.6) is 0 Å². The molecule has 1 atom stereocenters. The first-order valence-electron chi connectivity index (χ1n) is 8.30. The van der Waals surface area contributed by atoms with Gasteiger partial charge in [0, 0.05) is 37.7 Å². The van der Waals surface area contributed by atoms with Crippen LogP contribution in [0.15, 0.2) is 39.8 Å². The van der Waals surface area contributed by atoms with Crippen molar-refractivity contribution in [3.8, 4) is 0 Å². The van der Waals surface area contributed by atoms with Crippen molar-refractivity contribution in [2.45, 2.75) is 25.3 Å². The van der Waals surface area contributed by atoms with Gasteiger partial charge in [-0.15, -0.1) is 0 Å². The summed E-state index contributed by atoms with van der Waals surface area (Å²) in [4.78, 5) is 33.5. The molecule has 0 saturated carbocycles. The molecule has 2 amide bonds. The number of aryl methyl sites for hydroxylation is 1. The Morgan fingerprint density at radius 1 is 1.40 bits per heavy atom. The van der Waals surface area contributed by atoms with Crippen molar-refractivity contribution in [1.29, 1.82) is 0 Å². The van der Waals surface area contributed by atoms with Gasteiger partial charge in [-0.2, -0.15) is 0 Å². The predicted molar refractivity (Wildman–Crippen MR) is 92.4 cm³/mol. The Kier molecular flexibility index (Phi) is 3.79. The summed E-state index contributed by atoms with van der Waals surface area (Å²) in [5.74, 6) is 0.381. The van der Waals surface area contributed by atoms with Crippen molar-refractivity contribution in [2.75, 3.05) is 11.9 Å². The largest absolute Gasteiger partial charge is 0.419 e. The zero-order chi connectivity index (χ0) is 17.4. The van der Waals surface area contributed by atoms with Crippen molar-refractivity contribution in [1.82, 2.24) is 19.4 Å². The van der Waals surface area contributed by atoms with E-state index in [0.29, 0.717) is 23.3 Å². The van der Waals surface area contributed by atoms with Gasteiger partial charge in [0.05, 0.1) is 11.6 Å². The van der Waals surface area contributed by atoms with Crippen LogP contribution in [-0.4, -0.2) is 32.0 Å². The number of oxazole rings is 1. The van der Waals surface area contributed by atoms with Crippen LogP contribution in [0.1, 0.15) is 31.1 Å². The Morgan fingerprint density at radius 2 is 2.28 bits per heavy atom. The molecule has 1 aliphatic heterocycles. The summed E-state index contributed by atoms with van der Waals surface area (Å²) in [6, 6.07) is 4.96. The van der Waals surface area contributed by atoms with E-state index in [4.69, 9.17) is 4.42 Å². The number of H-pyrrole nitrogens is 1. The molecular weight excluding hydrogens is 322 g/mol. The van der Waals surface area contributed by atoms with Gasteiger partial charge in [0.15, 0.2) is 5.58 Å². The number of rotatable bonds is 2. The summed E-state index contributed by atoms with van der Waals surface area (Å²) in [5.41, 5.74) is 1.73. The van der Waals surface area contributed by atoms with Crippen molar-refractivity contribution in [3.63, 3.8) is 0 Å². The highest BCUT2D eigenvalue weighted by Crippen LogP contribution is 2.29. The molecule has 8 heteroatoms. The molecule has 1 aliphatic rings. The van der Waals surface area contributed by atoms with Crippen LogP contribution in [0.3, 0.4) is 0 Å². The van der Waals surface area contributed by atoms with Gasteiger partial charge in [0.1, 0.15) is 5.82 Å². The normalized spacial score (nSPS) is 17.8. The van der Waals surface area contributed by atoms with Gasteiger partial charge >= 0.3 is 11.8 Å². The lowest BCUT2D eigenvalue weighted by atomic mass is 10.0. The van der Waals surface area contributed by atoms with Crippen LogP contribution in [-0.2, 0) is 7.05 Å². The lowest BCUT2D eigenvalue weighted by molar-refractivity contribution is 0.160. The van der Waals surface area contributed by atoms with Gasteiger partial charge in [-0.25, -0.2) is 14.6 Å². The molecule has 3 aromatic rings. The fraction of sp³-hybridized carbons (Fsp3) is 0.353. The van der Waals surface area contributed by atoms with Crippen molar-refractivity contribution < 1.29 is 9.21 Å². The fourth-order valence-electron chi connectivity index (χ4n) is 3.33. The van der Waals surface area contributed by atoms with E-state index in [9.17, 15) is 9.59 Å². The summed E-state index contributed by atoms with van der Waals surface area (Å²) in [6.45, 7) is 0.680. The number of benzene rings is 1. The average molecular weight is 341 g/mol. The Hall–Kier alpha value is -3.03. The zero-order valence-electron chi connectivity index (χ0n) is 13.9. The molecule has 0 spiro atoms. The summed E-state index contributed by atoms with van der Waals surface area (Å²) in [6.07, 6.45) is 6.39. The summed E-state index contributed by atoms with van der Waals surface area (Å²) >= 11 is 0. The average Bonchev–Trinajstić information content (AvgIpc) is 3.24. The highest BCUT2D eigenvalue weighted by atomic mass is 16.4. The molecule has 25 heavy (non-hydrogen) atoms. The van der Waals surface area contributed by atoms with Crippen LogP contribution in [0.2, 0.25) is 0 Å². The number of aromatic amines is 1. The molecule has 8 nitrogen and oxygen atoms in total. The maximum Gasteiger partial charge on any atom is 0.419 e. The van der Waals surface area contributed by atoms with E-state index in [2.05, 4.69) is 15.3 Å². The van der Waals surface area contributed by atoms with Gasteiger partial charge in [-0.05, 0) is 31.4 Å². The van der Waals surface area contributed by atoms with Gasteiger partial charge in [-0.1, -0.05) is 0 Å². The molecule has 0 unspecified atom stereocenters. The van der Waals surface area contributed by atoms with Gasteiger partial charge in [0.25, 0.3) is 0 Å². The number of piperidine rings is 1. The highest BCUT2D eigenvalue weighted by Gasteiger charge is 2.29. The first-order chi connectivity index (χ1) is 12.1. The van der Waals surface area contributed by atoms with Gasteiger partial charge in [0.2, 0.25) is 0 Å². The number of urea groups is 1. The Balaban J connectivity index is 1.57. The summed E-state index contributed by atoms with van der Waals surface area (Å²) in [7, 11) is 1.65. The van der Waals surface area contributed by atoms with E-state index < -0.39 is 5.76 Å². The molecule has 130 valence electrons. The second-order valence-corrected chi connectivity index (χ2v) is 6.22. The van der Waals surface area contributed by atoms with Crippen LogP contribution in [0, 0.1) is 0 Å². The van der Waals surface area contributed by atoms with E-state index in [1.165, 1.54) is 4.57 Å². The van der Waals surface area contributed by atoms with Crippen LogP contribution < -0.4 is 11.1 Å². The number of carbonyl (C=O) groups is 1. The number of hydrogen-bond donors (Lipinski definition) is 2. The third-order valence-electron chi connectivity index (χ3n) is 4.64. The number of hydrogen-bond acceptors (Lipinski definition) is 4. The number of amides is 2. The van der Waals surface area contributed by atoms with Gasteiger partial charge in [-0.3, -0.25) is 4.57 Å². The standard InChI is InChI=1S/C17H19N5O3/c1-21-12-6-5-11(10-14(12)25-17(21)24)20-16(23)22-9-3-2-4-13(22)15-18-7-8-19-15/h5-8,10,13H,2-4,9H2,1H3,(H,18,19)(H,20,23)/t13-/m1/s1. The van der Waals surface area contributed by atoms with Crippen LogP contribution in [0.4, 0.5) is 10.5 Å². The molecule has 0 bridgehead atoms. The van der Waals surface area contributed by atoms with Gasteiger partial charge < -0.3 is 19.6 Å². The smallest absolute Gasteiger partial charge is 0.408 e. The second-order valence-electron chi connectivity index (χ2n) is 6.22. The topological polar surface area (TPSA) is 96.2 Å². The van der Waals surface area contributed by atoms with E-state index >= 15 is 0 Å². The Morgan fingerprint density at radius 3 is 3.08 bits per heavy atom. The number of nitrogens with one attached hydrogen (secondary N) is 2.